The highest BCUT2D eigenvalue weighted by Crippen LogP contribution is 2.29. The fourth-order valence-electron chi connectivity index (χ4n) is 2.82. The monoisotopic (exact) mass is 417 g/mol. The molecule has 1 aliphatic rings. The van der Waals surface area contributed by atoms with E-state index in [2.05, 4.69) is 46.4 Å². The van der Waals surface area contributed by atoms with Gasteiger partial charge in [-0.2, -0.15) is 0 Å². The molecule has 0 atom stereocenters. The quantitative estimate of drug-likeness (QED) is 0.440. The summed E-state index contributed by atoms with van der Waals surface area (Å²) < 4.78 is 0. The zero-order chi connectivity index (χ0) is 15.1. The number of guanidine groups is 1. The topological polar surface area (TPSA) is 47.9 Å². The van der Waals surface area contributed by atoms with Crippen LogP contribution in [0.4, 0.5) is 0 Å². The maximum absolute atomic E-state index is 10.4. The molecule has 0 radical (unpaired) electrons. The zero-order valence-corrected chi connectivity index (χ0v) is 15.9. The molecule has 0 unspecified atom stereocenters. The number of aliphatic hydroxyl groups is 1. The minimum Gasteiger partial charge on any atom is -0.388 e. The summed E-state index contributed by atoms with van der Waals surface area (Å²) in [5.74, 6) is 0.863. The molecule has 124 valence electrons. The average molecular weight is 417 g/mol. The molecule has 1 aromatic carbocycles. The van der Waals surface area contributed by atoms with Gasteiger partial charge in [0.15, 0.2) is 5.96 Å². The molecule has 5 heteroatoms. The largest absolute Gasteiger partial charge is 0.388 e. The first-order valence-corrected chi connectivity index (χ1v) is 7.89. The second-order valence-corrected chi connectivity index (χ2v) is 5.94. The van der Waals surface area contributed by atoms with Crippen LogP contribution >= 0.6 is 24.0 Å². The lowest BCUT2D eigenvalue weighted by Gasteiger charge is -2.25. The van der Waals surface area contributed by atoms with Crippen LogP contribution in [0.3, 0.4) is 0 Å². The summed E-state index contributed by atoms with van der Waals surface area (Å²) in [5.41, 5.74) is 0.666. The van der Waals surface area contributed by atoms with Gasteiger partial charge < -0.3 is 15.3 Å². The summed E-state index contributed by atoms with van der Waals surface area (Å²) >= 11 is 0. The number of hydrogen-bond acceptors (Lipinski definition) is 2. The zero-order valence-electron chi connectivity index (χ0n) is 13.6. The van der Waals surface area contributed by atoms with Gasteiger partial charge in [0.05, 0.1) is 12.1 Å². The van der Waals surface area contributed by atoms with Crippen LogP contribution in [0.1, 0.15) is 38.2 Å². The van der Waals surface area contributed by atoms with Gasteiger partial charge in [-0.15, -0.1) is 24.0 Å². The highest BCUT2D eigenvalue weighted by molar-refractivity contribution is 14.0. The molecule has 2 rings (SSSR count). The van der Waals surface area contributed by atoms with E-state index in [4.69, 9.17) is 0 Å². The molecule has 2 N–H and O–H groups in total. The van der Waals surface area contributed by atoms with E-state index in [0.29, 0.717) is 6.54 Å². The van der Waals surface area contributed by atoms with Crippen LogP contribution in [0.2, 0.25) is 0 Å². The minimum absolute atomic E-state index is 0. The van der Waals surface area contributed by atoms with E-state index in [9.17, 15) is 5.11 Å². The standard InChI is InChI=1S/C17H27N3O.HI/c1-3-18-16(19-14-17(21)11-7-8-12-17)20(2)13-15-9-5-4-6-10-15;/h4-6,9-10,21H,3,7-8,11-14H2,1-2H3,(H,18,19);1H. The summed E-state index contributed by atoms with van der Waals surface area (Å²) in [6, 6.07) is 10.4. The molecule has 1 aromatic rings. The van der Waals surface area contributed by atoms with Crippen molar-refractivity contribution in [3.05, 3.63) is 35.9 Å². The first-order valence-electron chi connectivity index (χ1n) is 7.89. The first-order chi connectivity index (χ1) is 10.1. The maximum atomic E-state index is 10.4. The van der Waals surface area contributed by atoms with E-state index in [1.807, 2.05) is 13.1 Å². The van der Waals surface area contributed by atoms with Gasteiger partial charge in [0.1, 0.15) is 0 Å². The molecule has 0 saturated heterocycles. The molecule has 4 nitrogen and oxygen atoms in total. The van der Waals surface area contributed by atoms with Gasteiger partial charge >= 0.3 is 0 Å². The molecule has 0 aromatic heterocycles. The normalized spacial score (nSPS) is 17.0. The van der Waals surface area contributed by atoms with Crippen LogP contribution in [0, 0.1) is 0 Å². The second kappa shape index (κ2) is 9.35. The Morgan fingerprint density at radius 2 is 1.91 bits per heavy atom. The summed E-state index contributed by atoms with van der Waals surface area (Å²) in [7, 11) is 2.03. The van der Waals surface area contributed by atoms with Crippen LogP contribution < -0.4 is 5.32 Å². The van der Waals surface area contributed by atoms with Crippen molar-refractivity contribution in [2.24, 2.45) is 4.99 Å². The minimum atomic E-state index is -0.589. The van der Waals surface area contributed by atoms with Gasteiger partial charge in [0, 0.05) is 20.1 Å². The van der Waals surface area contributed by atoms with E-state index in [1.165, 1.54) is 5.56 Å². The van der Waals surface area contributed by atoms with Gasteiger partial charge in [0.2, 0.25) is 0 Å². The number of rotatable bonds is 5. The third kappa shape index (κ3) is 5.76. The van der Waals surface area contributed by atoms with Crippen LogP contribution in [0.15, 0.2) is 35.3 Å². The second-order valence-electron chi connectivity index (χ2n) is 5.94. The van der Waals surface area contributed by atoms with Crippen molar-refractivity contribution in [3.8, 4) is 0 Å². The van der Waals surface area contributed by atoms with Crippen LogP contribution in [0.25, 0.3) is 0 Å². The number of benzene rings is 1. The first kappa shape index (κ1) is 19.2. The van der Waals surface area contributed by atoms with E-state index < -0.39 is 5.60 Å². The van der Waals surface area contributed by atoms with Gasteiger partial charge in [-0.1, -0.05) is 43.2 Å². The Morgan fingerprint density at radius 3 is 2.50 bits per heavy atom. The van der Waals surface area contributed by atoms with Crippen LogP contribution in [-0.2, 0) is 6.54 Å². The Bertz CT molecular complexity index is 458. The SMILES string of the molecule is CCNC(=NCC1(O)CCCC1)N(C)Cc1ccccc1.I. The number of hydrogen-bond donors (Lipinski definition) is 2. The molecule has 1 fully saturated rings. The van der Waals surface area contributed by atoms with Crippen molar-refractivity contribution in [2.45, 2.75) is 44.8 Å². The number of nitrogens with zero attached hydrogens (tertiary/aromatic N) is 2. The third-order valence-corrected chi connectivity index (χ3v) is 4.02. The van der Waals surface area contributed by atoms with Crippen molar-refractivity contribution in [1.29, 1.82) is 0 Å². The molecular weight excluding hydrogens is 389 g/mol. The van der Waals surface area contributed by atoms with Crippen molar-refractivity contribution >= 4 is 29.9 Å². The fourth-order valence-corrected chi connectivity index (χ4v) is 2.82. The third-order valence-electron chi connectivity index (χ3n) is 4.02. The molecule has 0 amide bonds. The summed E-state index contributed by atoms with van der Waals surface area (Å²) in [6.45, 7) is 4.20. The predicted octanol–water partition coefficient (Wildman–Crippen LogP) is 3.01. The number of nitrogens with one attached hydrogen (secondary N) is 1. The Morgan fingerprint density at radius 1 is 1.27 bits per heavy atom. The number of aliphatic imine (C=N–C) groups is 1. The van der Waals surface area contributed by atoms with Crippen molar-refractivity contribution in [3.63, 3.8) is 0 Å². The molecule has 0 bridgehead atoms. The van der Waals surface area contributed by atoms with Crippen LogP contribution in [0.5, 0.6) is 0 Å². The smallest absolute Gasteiger partial charge is 0.194 e. The number of halogens is 1. The highest BCUT2D eigenvalue weighted by atomic mass is 127. The van der Waals surface area contributed by atoms with Gasteiger partial charge in [-0.3, -0.25) is 4.99 Å². The Hall–Kier alpha value is -0.820. The molecule has 1 aliphatic carbocycles. The molecule has 0 spiro atoms. The molecule has 1 saturated carbocycles. The lowest BCUT2D eigenvalue weighted by molar-refractivity contribution is 0.0572. The van der Waals surface area contributed by atoms with E-state index >= 15 is 0 Å². The Kier molecular flexibility index (Phi) is 8.17. The summed E-state index contributed by atoms with van der Waals surface area (Å²) in [4.78, 5) is 6.75. The van der Waals surface area contributed by atoms with E-state index in [0.717, 1.165) is 44.7 Å². The van der Waals surface area contributed by atoms with Gasteiger partial charge in [-0.05, 0) is 25.3 Å². The summed E-state index contributed by atoms with van der Waals surface area (Å²) in [5, 5.41) is 13.7. The molecule has 0 heterocycles. The predicted molar refractivity (Wildman–Crippen MR) is 103 cm³/mol. The highest BCUT2D eigenvalue weighted by Gasteiger charge is 2.30. The Balaban J connectivity index is 0.00000242. The van der Waals surface area contributed by atoms with E-state index in [-0.39, 0.29) is 24.0 Å². The van der Waals surface area contributed by atoms with Crippen molar-refractivity contribution in [2.75, 3.05) is 20.1 Å². The van der Waals surface area contributed by atoms with Gasteiger partial charge in [0.25, 0.3) is 0 Å². The van der Waals surface area contributed by atoms with Crippen molar-refractivity contribution in [1.82, 2.24) is 10.2 Å². The van der Waals surface area contributed by atoms with E-state index in [1.54, 1.807) is 0 Å². The fraction of sp³-hybridized carbons (Fsp3) is 0.588. The maximum Gasteiger partial charge on any atom is 0.194 e. The average Bonchev–Trinajstić information content (AvgIpc) is 2.91. The lowest BCUT2D eigenvalue weighted by Crippen LogP contribution is -2.40. The molecule has 22 heavy (non-hydrogen) atoms. The molecule has 0 aliphatic heterocycles. The Labute approximate surface area is 151 Å². The van der Waals surface area contributed by atoms with Crippen molar-refractivity contribution < 1.29 is 5.11 Å². The van der Waals surface area contributed by atoms with Crippen LogP contribution in [-0.4, -0.2) is 41.7 Å². The lowest BCUT2D eigenvalue weighted by atomic mass is 10.0. The molecular formula is C17H28IN3O. The van der Waals surface area contributed by atoms with Gasteiger partial charge in [-0.25, -0.2) is 0 Å². The summed E-state index contributed by atoms with van der Waals surface area (Å²) in [6.07, 6.45) is 3.97.